The third kappa shape index (κ3) is 28.4. The summed E-state index contributed by atoms with van der Waals surface area (Å²) in [6.07, 6.45) is 1.23. The second-order valence-electron chi connectivity index (χ2n) is 1.63. The summed E-state index contributed by atoms with van der Waals surface area (Å²) in [5.41, 5.74) is 4.67. The summed E-state index contributed by atoms with van der Waals surface area (Å²) < 4.78 is 4.42. The monoisotopic (exact) mass is 163 g/mol. The van der Waals surface area contributed by atoms with Crippen molar-refractivity contribution in [2.24, 2.45) is 5.73 Å². The van der Waals surface area contributed by atoms with E-state index in [-0.39, 0.29) is 6.47 Å². The van der Waals surface area contributed by atoms with Gasteiger partial charge in [-0.1, -0.05) is 13.3 Å². The summed E-state index contributed by atoms with van der Waals surface area (Å²) >= 11 is 0. The molecule has 0 aliphatic rings. The van der Waals surface area contributed by atoms with Crippen LogP contribution in [-0.4, -0.2) is 24.3 Å². The first-order valence-electron chi connectivity index (χ1n) is 3.19. The van der Waals surface area contributed by atoms with Crippen molar-refractivity contribution in [3.05, 3.63) is 0 Å². The van der Waals surface area contributed by atoms with Crippen LogP contribution in [0.5, 0.6) is 0 Å². The van der Waals surface area contributed by atoms with Gasteiger partial charge in [-0.25, -0.2) is 4.79 Å². The fourth-order valence-electron chi connectivity index (χ4n) is 0.317. The van der Waals surface area contributed by atoms with E-state index < -0.39 is 6.09 Å². The Kier molecular flexibility index (Phi) is 13.0. The van der Waals surface area contributed by atoms with E-state index in [2.05, 4.69) is 10.5 Å². The highest BCUT2D eigenvalue weighted by Gasteiger charge is 1.88. The molecular weight excluding hydrogens is 150 g/mol. The minimum Gasteiger partial charge on any atom is -0.483 e. The highest BCUT2D eigenvalue weighted by Crippen LogP contribution is 1.85. The van der Waals surface area contributed by atoms with Crippen LogP contribution in [0.15, 0.2) is 0 Å². The minimum atomic E-state index is -0.682. The molecule has 0 aliphatic carbocycles. The largest absolute Gasteiger partial charge is 0.483 e. The average molecular weight is 163 g/mol. The first-order chi connectivity index (χ1) is 5.18. The van der Waals surface area contributed by atoms with E-state index in [1.807, 2.05) is 6.92 Å². The Hall–Kier alpha value is -1.26. The minimum absolute atomic E-state index is 0.250. The van der Waals surface area contributed by atoms with E-state index in [4.69, 9.17) is 9.90 Å². The quantitative estimate of drug-likeness (QED) is 0.470. The second kappa shape index (κ2) is 11.5. The van der Waals surface area contributed by atoms with Crippen molar-refractivity contribution in [2.45, 2.75) is 19.8 Å². The Morgan fingerprint density at radius 3 is 2.45 bits per heavy atom. The lowest BCUT2D eigenvalue weighted by Gasteiger charge is -1.95. The van der Waals surface area contributed by atoms with Crippen LogP contribution >= 0.6 is 0 Å². The van der Waals surface area contributed by atoms with Gasteiger partial charge in [0.15, 0.2) is 0 Å². The Morgan fingerprint density at radius 1 is 1.73 bits per heavy atom. The van der Waals surface area contributed by atoms with Gasteiger partial charge in [-0.3, -0.25) is 4.79 Å². The van der Waals surface area contributed by atoms with Gasteiger partial charge < -0.3 is 15.6 Å². The van der Waals surface area contributed by atoms with Crippen LogP contribution in [0.4, 0.5) is 4.79 Å². The molecule has 66 valence electrons. The van der Waals surface area contributed by atoms with Crippen LogP contribution in [0.25, 0.3) is 0 Å². The molecule has 0 fully saturated rings. The fraction of sp³-hybridized carbons (Fsp3) is 0.667. The third-order valence-corrected chi connectivity index (χ3v) is 0.742. The molecule has 0 unspecified atom stereocenters. The molecule has 0 saturated heterocycles. The number of rotatable bonds is 3. The maximum atomic E-state index is 9.87. The topological polar surface area (TPSA) is 89.6 Å². The van der Waals surface area contributed by atoms with Crippen LogP contribution in [0.2, 0.25) is 0 Å². The van der Waals surface area contributed by atoms with Crippen LogP contribution in [-0.2, 0) is 9.53 Å². The third-order valence-electron chi connectivity index (χ3n) is 0.742. The molecule has 0 radical (unpaired) electrons. The molecule has 0 spiro atoms. The highest BCUT2D eigenvalue weighted by atomic mass is 16.5. The molecule has 0 saturated carbocycles. The van der Waals surface area contributed by atoms with E-state index >= 15 is 0 Å². The molecule has 11 heavy (non-hydrogen) atoms. The van der Waals surface area contributed by atoms with Gasteiger partial charge in [0.2, 0.25) is 0 Å². The zero-order chi connectivity index (χ0) is 9.11. The Bertz CT molecular complexity index is 105. The zero-order valence-electron chi connectivity index (χ0n) is 6.45. The van der Waals surface area contributed by atoms with Crippen molar-refractivity contribution in [1.29, 1.82) is 0 Å². The Labute approximate surface area is 65.1 Å². The maximum absolute atomic E-state index is 9.87. The van der Waals surface area contributed by atoms with Crippen molar-refractivity contribution >= 4 is 12.6 Å². The maximum Gasteiger partial charge on any atom is 0.404 e. The molecule has 0 aliphatic heterocycles. The Balaban J connectivity index is 0. The van der Waals surface area contributed by atoms with Crippen molar-refractivity contribution in [3.63, 3.8) is 0 Å². The number of primary amides is 1. The first-order valence-corrected chi connectivity index (χ1v) is 3.19. The summed E-state index contributed by atoms with van der Waals surface area (Å²) in [6, 6.07) is 0. The molecule has 3 N–H and O–H groups in total. The second-order valence-corrected chi connectivity index (χ2v) is 1.63. The fourth-order valence-corrected chi connectivity index (χ4v) is 0.317. The van der Waals surface area contributed by atoms with Crippen molar-refractivity contribution in [3.8, 4) is 0 Å². The smallest absolute Gasteiger partial charge is 0.404 e. The number of hydrogen-bond donors (Lipinski definition) is 2. The van der Waals surface area contributed by atoms with Gasteiger partial charge in [0, 0.05) is 0 Å². The summed E-state index contributed by atoms with van der Waals surface area (Å²) in [6.45, 7) is 2.22. The molecule has 0 rings (SSSR count). The van der Waals surface area contributed by atoms with Crippen LogP contribution < -0.4 is 5.73 Å². The number of amides is 1. The lowest BCUT2D eigenvalue weighted by atomic mass is 10.4. The molecule has 0 aromatic heterocycles. The summed E-state index contributed by atoms with van der Waals surface area (Å²) in [5, 5.41) is 6.89. The SMILES string of the molecule is CCCCOC(N)=O.O=CO. The van der Waals surface area contributed by atoms with E-state index in [0.717, 1.165) is 12.8 Å². The van der Waals surface area contributed by atoms with Gasteiger partial charge >= 0.3 is 6.09 Å². The van der Waals surface area contributed by atoms with Gasteiger partial charge in [-0.2, -0.15) is 0 Å². The molecule has 0 bridgehead atoms. The van der Waals surface area contributed by atoms with E-state index in [1.54, 1.807) is 0 Å². The van der Waals surface area contributed by atoms with Crippen LogP contribution in [0, 0.1) is 0 Å². The Morgan fingerprint density at radius 2 is 2.18 bits per heavy atom. The number of carbonyl (C=O) groups is 2. The van der Waals surface area contributed by atoms with Gasteiger partial charge in [0.1, 0.15) is 0 Å². The van der Waals surface area contributed by atoms with Crippen molar-refractivity contribution < 1.29 is 19.4 Å². The van der Waals surface area contributed by atoms with Gasteiger partial charge in [0.05, 0.1) is 6.61 Å². The first kappa shape index (κ1) is 12.4. The highest BCUT2D eigenvalue weighted by molar-refractivity contribution is 5.64. The number of carbonyl (C=O) groups excluding carboxylic acids is 1. The average Bonchev–Trinajstić information content (AvgIpc) is 1.89. The van der Waals surface area contributed by atoms with Crippen LogP contribution in [0.1, 0.15) is 19.8 Å². The van der Waals surface area contributed by atoms with Crippen LogP contribution in [0.3, 0.4) is 0 Å². The number of ether oxygens (including phenoxy) is 1. The molecule has 5 nitrogen and oxygen atoms in total. The lowest BCUT2D eigenvalue weighted by Crippen LogP contribution is -2.13. The predicted octanol–water partition coefficient (Wildman–Crippen LogP) is 0.583. The molecule has 1 amide bonds. The molecule has 0 aromatic rings. The molecule has 0 aromatic carbocycles. The van der Waals surface area contributed by atoms with Crippen molar-refractivity contribution in [2.75, 3.05) is 6.61 Å². The van der Waals surface area contributed by atoms with Gasteiger partial charge in [-0.15, -0.1) is 0 Å². The molecule has 0 atom stereocenters. The summed E-state index contributed by atoms with van der Waals surface area (Å²) in [4.78, 5) is 18.2. The molecular formula is C6H13NO4. The van der Waals surface area contributed by atoms with Crippen molar-refractivity contribution in [1.82, 2.24) is 0 Å². The number of unbranched alkanes of at least 4 members (excludes halogenated alkanes) is 1. The van der Waals surface area contributed by atoms with E-state index in [0.29, 0.717) is 6.61 Å². The standard InChI is InChI=1S/C5H11NO2.CH2O2/c1-2-3-4-8-5(6)7;2-1-3/h2-4H2,1H3,(H2,6,7);1H,(H,2,3). The van der Waals surface area contributed by atoms with Gasteiger partial charge in [0.25, 0.3) is 6.47 Å². The lowest BCUT2D eigenvalue weighted by molar-refractivity contribution is -0.122. The summed E-state index contributed by atoms with van der Waals surface area (Å²) in [7, 11) is 0. The molecule has 0 heterocycles. The van der Waals surface area contributed by atoms with Gasteiger partial charge in [-0.05, 0) is 6.42 Å². The van der Waals surface area contributed by atoms with E-state index in [1.165, 1.54) is 0 Å². The zero-order valence-corrected chi connectivity index (χ0v) is 6.45. The number of carboxylic acid groups (broad SMARTS) is 1. The predicted molar refractivity (Wildman–Crippen MR) is 39.1 cm³/mol. The number of nitrogens with two attached hydrogens (primary N) is 1. The van der Waals surface area contributed by atoms with E-state index in [9.17, 15) is 4.79 Å². The normalized spacial score (nSPS) is 7.36. The summed E-state index contributed by atoms with van der Waals surface area (Å²) in [5.74, 6) is 0. The molecule has 5 heteroatoms. The number of hydrogen-bond acceptors (Lipinski definition) is 3.